The van der Waals surface area contributed by atoms with Crippen LogP contribution in [0.5, 0.6) is 0 Å². The number of aromatic nitrogens is 3. The normalized spacial score (nSPS) is 12.7. The average Bonchev–Trinajstić information content (AvgIpc) is 2.92. The summed E-state index contributed by atoms with van der Waals surface area (Å²) in [6.45, 7) is 0. The lowest BCUT2D eigenvalue weighted by molar-refractivity contribution is 0.104. The Bertz CT molecular complexity index is 920. The Morgan fingerprint density at radius 3 is 2.63 bits per heavy atom. The van der Waals surface area contributed by atoms with Gasteiger partial charge in [0.25, 0.3) is 5.56 Å². The molecule has 1 aliphatic rings. The van der Waals surface area contributed by atoms with Gasteiger partial charge in [-0.25, -0.2) is 0 Å². The average molecular weight is 252 g/mol. The molecule has 2 heterocycles. The van der Waals surface area contributed by atoms with Crippen molar-refractivity contribution in [3.05, 3.63) is 45.7 Å². The number of fused-ring (bicyclic) bond motifs is 5. The van der Waals surface area contributed by atoms with E-state index in [0.717, 1.165) is 5.56 Å². The van der Waals surface area contributed by atoms with Crippen molar-refractivity contribution in [2.75, 3.05) is 5.73 Å². The number of aromatic amines is 2. The van der Waals surface area contributed by atoms with E-state index in [-0.39, 0.29) is 22.5 Å². The van der Waals surface area contributed by atoms with E-state index in [1.165, 1.54) is 0 Å². The molecule has 0 radical (unpaired) electrons. The first kappa shape index (κ1) is 10.1. The molecule has 0 aliphatic heterocycles. The highest BCUT2D eigenvalue weighted by atomic mass is 16.1. The minimum absolute atomic E-state index is 0.0998. The molecule has 92 valence electrons. The lowest BCUT2D eigenvalue weighted by Crippen LogP contribution is -2.10. The lowest BCUT2D eigenvalue weighted by atomic mass is 10.1. The summed E-state index contributed by atoms with van der Waals surface area (Å²) in [7, 11) is 0. The SMILES string of the molecule is Nc1n[nH]c2c3c([nH]c(=O)c12)-c1ccccc1C3=O. The van der Waals surface area contributed by atoms with Crippen LogP contribution in [-0.4, -0.2) is 21.0 Å². The molecular formula is C13H8N4O2. The van der Waals surface area contributed by atoms with Crippen LogP contribution in [-0.2, 0) is 0 Å². The predicted molar refractivity (Wildman–Crippen MR) is 70.0 cm³/mol. The molecule has 0 amide bonds. The summed E-state index contributed by atoms with van der Waals surface area (Å²) < 4.78 is 0. The number of ketones is 1. The zero-order valence-electron chi connectivity index (χ0n) is 9.65. The highest BCUT2D eigenvalue weighted by molar-refractivity contribution is 6.26. The van der Waals surface area contributed by atoms with Crippen molar-refractivity contribution in [2.45, 2.75) is 0 Å². The molecule has 0 atom stereocenters. The van der Waals surface area contributed by atoms with Gasteiger partial charge in [0.15, 0.2) is 11.6 Å². The van der Waals surface area contributed by atoms with Crippen molar-refractivity contribution < 1.29 is 4.79 Å². The summed E-state index contributed by atoms with van der Waals surface area (Å²) in [5, 5.41) is 6.73. The second-order valence-electron chi connectivity index (χ2n) is 4.44. The molecule has 0 fully saturated rings. The number of nitrogen functional groups attached to an aromatic ring is 1. The number of carbonyl (C=O) groups is 1. The van der Waals surface area contributed by atoms with Crippen LogP contribution in [0, 0.1) is 0 Å². The molecule has 3 aromatic rings. The summed E-state index contributed by atoms with van der Waals surface area (Å²) in [4.78, 5) is 27.2. The van der Waals surface area contributed by atoms with Gasteiger partial charge in [-0.15, -0.1) is 0 Å². The number of hydrogen-bond acceptors (Lipinski definition) is 4. The van der Waals surface area contributed by atoms with E-state index >= 15 is 0 Å². The third kappa shape index (κ3) is 1.08. The van der Waals surface area contributed by atoms with E-state index in [9.17, 15) is 9.59 Å². The Kier molecular flexibility index (Phi) is 1.65. The third-order valence-electron chi connectivity index (χ3n) is 3.43. The van der Waals surface area contributed by atoms with Crippen molar-refractivity contribution in [3.63, 3.8) is 0 Å². The van der Waals surface area contributed by atoms with E-state index in [4.69, 9.17) is 5.73 Å². The Morgan fingerprint density at radius 1 is 1.11 bits per heavy atom. The molecule has 6 nitrogen and oxygen atoms in total. The molecule has 0 unspecified atom stereocenters. The highest BCUT2D eigenvalue weighted by Gasteiger charge is 2.31. The number of anilines is 1. The number of nitrogens with zero attached hydrogens (tertiary/aromatic N) is 1. The minimum atomic E-state index is -0.343. The van der Waals surface area contributed by atoms with Crippen LogP contribution >= 0.6 is 0 Å². The first-order valence-corrected chi connectivity index (χ1v) is 5.72. The van der Waals surface area contributed by atoms with Gasteiger partial charge in [0, 0.05) is 11.1 Å². The summed E-state index contributed by atoms with van der Waals surface area (Å²) >= 11 is 0. The number of rotatable bonds is 0. The molecule has 0 saturated carbocycles. The summed E-state index contributed by atoms with van der Waals surface area (Å²) in [5.41, 5.74) is 7.97. The van der Waals surface area contributed by atoms with Gasteiger partial charge in [-0.1, -0.05) is 24.3 Å². The van der Waals surface area contributed by atoms with Crippen LogP contribution in [0.1, 0.15) is 15.9 Å². The first-order valence-electron chi connectivity index (χ1n) is 5.72. The van der Waals surface area contributed by atoms with Crippen molar-refractivity contribution in [3.8, 4) is 11.3 Å². The number of nitrogens with two attached hydrogens (primary N) is 1. The first-order chi connectivity index (χ1) is 9.18. The molecule has 1 aromatic carbocycles. The van der Waals surface area contributed by atoms with Gasteiger partial charge in [-0.05, 0) is 0 Å². The van der Waals surface area contributed by atoms with E-state index in [1.807, 2.05) is 6.07 Å². The predicted octanol–water partition coefficient (Wildman–Crippen LogP) is 1.04. The van der Waals surface area contributed by atoms with Crippen molar-refractivity contribution in [2.24, 2.45) is 0 Å². The standard InChI is InChI=1S/C13H8N4O2/c14-12-8-10(16-17-12)7-9(15-13(8)19)5-3-1-2-4-6(5)11(7)18/h1-4H,(H,15,19)(H3,14,16,17). The molecule has 2 aromatic heterocycles. The van der Waals surface area contributed by atoms with E-state index in [0.29, 0.717) is 22.3 Å². The molecule has 4 N–H and O–H groups in total. The van der Waals surface area contributed by atoms with Crippen LogP contribution in [0.3, 0.4) is 0 Å². The molecule has 6 heteroatoms. The summed E-state index contributed by atoms with van der Waals surface area (Å²) in [6, 6.07) is 7.16. The van der Waals surface area contributed by atoms with Gasteiger partial charge in [-0.2, -0.15) is 5.10 Å². The molecule has 0 saturated heterocycles. The number of nitrogens with one attached hydrogen (secondary N) is 2. The molecule has 4 rings (SSSR count). The molecular weight excluding hydrogens is 244 g/mol. The number of pyridine rings is 1. The van der Waals surface area contributed by atoms with Crippen LogP contribution in [0.4, 0.5) is 5.82 Å². The lowest BCUT2D eigenvalue weighted by Gasteiger charge is -1.99. The monoisotopic (exact) mass is 252 g/mol. The van der Waals surface area contributed by atoms with Crippen LogP contribution in [0.15, 0.2) is 29.1 Å². The fourth-order valence-corrected chi connectivity index (χ4v) is 2.59. The number of carbonyl (C=O) groups excluding carboxylic acids is 1. The van der Waals surface area contributed by atoms with Crippen molar-refractivity contribution >= 4 is 22.5 Å². The van der Waals surface area contributed by atoms with Crippen molar-refractivity contribution in [1.29, 1.82) is 0 Å². The molecule has 19 heavy (non-hydrogen) atoms. The van der Waals surface area contributed by atoms with E-state index < -0.39 is 0 Å². The molecule has 0 bridgehead atoms. The molecule has 0 spiro atoms. The van der Waals surface area contributed by atoms with Gasteiger partial charge in [0.05, 0.1) is 16.8 Å². The second-order valence-corrected chi connectivity index (χ2v) is 4.44. The topological polar surface area (TPSA) is 105 Å². The van der Waals surface area contributed by atoms with E-state index in [1.54, 1.807) is 18.2 Å². The van der Waals surface area contributed by atoms with Crippen molar-refractivity contribution in [1.82, 2.24) is 15.2 Å². The number of benzene rings is 1. The van der Waals surface area contributed by atoms with Gasteiger partial charge in [0.1, 0.15) is 5.39 Å². The summed E-state index contributed by atoms with van der Waals surface area (Å²) in [6.07, 6.45) is 0. The van der Waals surface area contributed by atoms with Gasteiger partial charge in [0.2, 0.25) is 0 Å². The Labute approximate surface area is 106 Å². The van der Waals surface area contributed by atoms with Crippen LogP contribution in [0.2, 0.25) is 0 Å². The quantitative estimate of drug-likeness (QED) is 0.435. The summed E-state index contributed by atoms with van der Waals surface area (Å²) in [5.74, 6) is -0.0293. The largest absolute Gasteiger partial charge is 0.382 e. The fourth-order valence-electron chi connectivity index (χ4n) is 2.59. The highest BCUT2D eigenvalue weighted by Crippen LogP contribution is 2.37. The van der Waals surface area contributed by atoms with Crippen LogP contribution in [0.25, 0.3) is 22.2 Å². The number of hydrogen-bond donors (Lipinski definition) is 3. The number of H-pyrrole nitrogens is 2. The minimum Gasteiger partial charge on any atom is -0.382 e. The fraction of sp³-hybridized carbons (Fsp3) is 0. The zero-order valence-corrected chi connectivity index (χ0v) is 9.65. The van der Waals surface area contributed by atoms with Gasteiger partial charge in [-0.3, -0.25) is 14.7 Å². The van der Waals surface area contributed by atoms with E-state index in [2.05, 4.69) is 15.2 Å². The van der Waals surface area contributed by atoms with Gasteiger partial charge >= 0.3 is 0 Å². The maximum atomic E-state index is 12.4. The second kappa shape index (κ2) is 3.11. The Hall–Kier alpha value is -2.89. The zero-order chi connectivity index (χ0) is 13.1. The van der Waals surface area contributed by atoms with Crippen LogP contribution < -0.4 is 11.3 Å². The maximum absolute atomic E-state index is 12.4. The maximum Gasteiger partial charge on any atom is 0.261 e. The third-order valence-corrected chi connectivity index (χ3v) is 3.43. The smallest absolute Gasteiger partial charge is 0.261 e. The molecule has 1 aliphatic carbocycles. The Balaban J connectivity index is 2.25. The Morgan fingerprint density at radius 2 is 1.84 bits per heavy atom. The van der Waals surface area contributed by atoms with Gasteiger partial charge < -0.3 is 10.7 Å².